The first-order chi connectivity index (χ1) is 37.1. The van der Waals surface area contributed by atoms with Gasteiger partial charge in [0.05, 0.1) is 55.5 Å². The van der Waals surface area contributed by atoms with Gasteiger partial charge in [0.15, 0.2) is 41.5 Å². The summed E-state index contributed by atoms with van der Waals surface area (Å²) in [5.41, 5.74) is -14.4. The van der Waals surface area contributed by atoms with E-state index in [4.69, 9.17) is 61.6 Å². The number of pyridine rings is 2. The number of aliphatic hydroxyl groups is 1. The maximum Gasteiger partial charge on any atom is 0.350 e. The van der Waals surface area contributed by atoms with Crippen molar-refractivity contribution >= 4 is 53.7 Å². The normalized spacial score (nSPS) is 30.8. The molecule has 1 N–H and O–H groups in total. The summed E-state index contributed by atoms with van der Waals surface area (Å²) in [6.45, 7) is 9.08. The minimum atomic E-state index is -3.08. The molecular weight excluding hydrogens is 1040 g/mol. The maximum atomic E-state index is 15.3. The molecule has 25 nitrogen and oxygen atoms in total. The van der Waals surface area contributed by atoms with Gasteiger partial charge >= 0.3 is 53.7 Å². The second-order valence-corrected chi connectivity index (χ2v) is 20.5. The van der Waals surface area contributed by atoms with Crippen molar-refractivity contribution in [2.75, 3.05) is 34.5 Å². The van der Waals surface area contributed by atoms with Gasteiger partial charge in [-0.05, 0) is 64.1 Å². The van der Waals surface area contributed by atoms with Gasteiger partial charge < -0.3 is 66.7 Å². The standard InChI is InChI=1S/C54H62N2O23/c1-25-26(2)45(61)76-42-40(72-27(3)57)44(74-29(5)59)53(24-71-46(62)31-16-14-18-55-22-31)43(77-49(65)50(7,8)78-30(6)60)39(75-47(63)32-20-34(67-11)38(69-13)35(21-32)68-12)36-41(73-28(4)58)54(53,52(42,10)66)79-51(36,9)23-70-48(64)33-17-15-19-56-37(25)33/h14-22,25-26,36,39-44,66H,23-24H2,1-13H3. The van der Waals surface area contributed by atoms with E-state index in [0.29, 0.717) is 0 Å². The number of aromatic nitrogens is 2. The number of cyclic esters (lactones) is 1. The van der Waals surface area contributed by atoms with Crippen LogP contribution in [0, 0.1) is 17.3 Å². The van der Waals surface area contributed by atoms with Crippen LogP contribution in [0.1, 0.15) is 112 Å². The van der Waals surface area contributed by atoms with Crippen molar-refractivity contribution in [3.05, 3.63) is 77.4 Å². The lowest BCUT2D eigenvalue weighted by Crippen LogP contribution is -2.89. The SMILES string of the molecule is COc1cc(C(=O)OC2C3C(OC(C)=O)C45OC3(C)COC(=O)c3cccnc3C(C)C(C)C(=O)OC(C(OC(C)=O)C(OC(C)=O)C4(COC(=O)c3cccnc3)C2OC(=O)C(C)(C)OC(C)=O)C5(C)O)cc(OC)c1OC. The second kappa shape index (κ2) is 22.1. The zero-order chi connectivity index (χ0) is 58.3. The Bertz CT molecular complexity index is 2900. The summed E-state index contributed by atoms with van der Waals surface area (Å²) < 4.78 is 79.5. The van der Waals surface area contributed by atoms with Gasteiger partial charge in [0.1, 0.15) is 42.0 Å². The number of fused-ring (bicyclic) bond motifs is 5. The molecule has 0 amide bonds. The number of hydrogen-bond donors (Lipinski definition) is 1. The molecule has 1 saturated heterocycles. The van der Waals surface area contributed by atoms with Gasteiger partial charge in [0.2, 0.25) is 11.4 Å². The number of methoxy groups -OCH3 is 3. The molecule has 3 fully saturated rings. The first-order valence-corrected chi connectivity index (χ1v) is 24.8. The lowest BCUT2D eigenvalue weighted by molar-refractivity contribution is -0.386. The van der Waals surface area contributed by atoms with Gasteiger partial charge in [-0.25, -0.2) is 19.2 Å². The Morgan fingerprint density at radius 3 is 1.91 bits per heavy atom. The summed E-state index contributed by atoms with van der Waals surface area (Å²) in [6, 6.07) is 7.90. The smallest absolute Gasteiger partial charge is 0.350 e. The third kappa shape index (κ3) is 10.2. The van der Waals surface area contributed by atoms with E-state index < -0.39 is 149 Å². The highest BCUT2D eigenvalue weighted by Gasteiger charge is 2.92. The van der Waals surface area contributed by atoms with E-state index in [1.807, 2.05) is 0 Å². The Morgan fingerprint density at radius 2 is 1.34 bits per heavy atom. The summed E-state index contributed by atoms with van der Waals surface area (Å²) >= 11 is 0. The Hall–Kier alpha value is -7.93. The molecule has 426 valence electrons. The minimum Gasteiger partial charge on any atom is -0.493 e. The molecule has 2 saturated carbocycles. The van der Waals surface area contributed by atoms with Crippen molar-refractivity contribution in [3.8, 4) is 17.2 Å². The van der Waals surface area contributed by atoms with Crippen LogP contribution < -0.4 is 14.2 Å². The highest BCUT2D eigenvalue weighted by Crippen LogP contribution is 2.70. The van der Waals surface area contributed by atoms with Gasteiger partial charge in [0, 0.05) is 52.2 Å². The minimum absolute atomic E-state index is 0.0383. The third-order valence-corrected chi connectivity index (χ3v) is 14.9. The summed E-state index contributed by atoms with van der Waals surface area (Å²) in [4.78, 5) is 137. The Kier molecular flexibility index (Phi) is 16.4. The number of rotatable bonds is 14. The summed E-state index contributed by atoms with van der Waals surface area (Å²) in [7, 11) is 3.84. The summed E-state index contributed by atoms with van der Waals surface area (Å²) in [5, 5.41) is 14.1. The Balaban J connectivity index is 1.68. The maximum absolute atomic E-state index is 15.3. The monoisotopic (exact) mass is 1110 g/mol. The summed E-state index contributed by atoms with van der Waals surface area (Å²) in [6.07, 6.45) is -10.0. The van der Waals surface area contributed by atoms with Gasteiger partial charge in [-0.3, -0.25) is 33.9 Å². The molecule has 3 aromatic rings. The van der Waals surface area contributed by atoms with Gasteiger partial charge in [-0.15, -0.1) is 0 Å². The molecule has 2 aliphatic heterocycles. The first-order valence-electron chi connectivity index (χ1n) is 24.8. The van der Waals surface area contributed by atoms with Crippen LogP contribution in [0.3, 0.4) is 0 Å². The van der Waals surface area contributed by atoms with E-state index in [-0.39, 0.29) is 39.6 Å². The van der Waals surface area contributed by atoms with Crippen molar-refractivity contribution in [1.82, 2.24) is 9.97 Å². The molecule has 1 spiro atoms. The number of benzene rings is 1. The van der Waals surface area contributed by atoms with Crippen LogP contribution in [0.25, 0.3) is 0 Å². The molecule has 25 heteroatoms. The van der Waals surface area contributed by atoms with Crippen molar-refractivity contribution in [3.63, 3.8) is 0 Å². The van der Waals surface area contributed by atoms with Crippen LogP contribution in [0.15, 0.2) is 55.0 Å². The van der Waals surface area contributed by atoms with Gasteiger partial charge in [0.25, 0.3) is 0 Å². The number of carbonyl (C=O) groups is 9. The lowest BCUT2D eigenvalue weighted by Gasteiger charge is -2.67. The van der Waals surface area contributed by atoms with Crippen molar-refractivity contribution in [2.45, 2.75) is 134 Å². The fourth-order valence-corrected chi connectivity index (χ4v) is 11.5. The first kappa shape index (κ1) is 58.7. The van der Waals surface area contributed by atoms with Crippen molar-refractivity contribution in [2.24, 2.45) is 17.3 Å². The van der Waals surface area contributed by atoms with Crippen LogP contribution in [0.2, 0.25) is 0 Å². The van der Waals surface area contributed by atoms with E-state index in [1.54, 1.807) is 6.92 Å². The van der Waals surface area contributed by atoms with E-state index in [2.05, 4.69) is 9.97 Å². The molecule has 7 rings (SSSR count). The number of nitrogens with zero attached hydrogens (tertiary/aromatic N) is 2. The predicted octanol–water partition coefficient (Wildman–Crippen LogP) is 3.36. The van der Waals surface area contributed by atoms with Crippen LogP contribution >= 0.6 is 0 Å². The van der Waals surface area contributed by atoms with Crippen LogP contribution in [-0.4, -0.2) is 162 Å². The average Bonchev–Trinajstić information content (AvgIpc) is 3.22. The number of ether oxygens (including phenoxy) is 13. The van der Waals surface area contributed by atoms with E-state index in [9.17, 15) is 38.7 Å². The number of carbonyl (C=O) groups excluding carboxylic acids is 9. The van der Waals surface area contributed by atoms with Crippen molar-refractivity contribution < 1.29 is 110 Å². The highest BCUT2D eigenvalue weighted by molar-refractivity contribution is 5.92. The van der Waals surface area contributed by atoms with Crippen LogP contribution in [0.5, 0.6) is 17.2 Å². The quantitative estimate of drug-likeness (QED) is 0.179. The zero-order valence-electron chi connectivity index (χ0n) is 45.6. The fraction of sp³-hybridized carbons (Fsp3) is 0.537. The molecule has 2 aliphatic carbocycles. The predicted molar refractivity (Wildman–Crippen MR) is 263 cm³/mol. The number of hydrogen-bond acceptors (Lipinski definition) is 25. The topological polar surface area (TPSA) is 320 Å². The van der Waals surface area contributed by atoms with E-state index in [0.717, 1.165) is 54.7 Å². The van der Waals surface area contributed by atoms with Gasteiger partial charge in [-0.2, -0.15) is 0 Å². The molecule has 13 unspecified atom stereocenters. The molecule has 79 heavy (non-hydrogen) atoms. The Labute approximate surface area is 453 Å². The van der Waals surface area contributed by atoms with Gasteiger partial charge in [-0.1, -0.05) is 13.8 Å². The summed E-state index contributed by atoms with van der Waals surface area (Å²) in [5.74, 6) is -14.8. The second-order valence-electron chi connectivity index (χ2n) is 20.5. The number of esters is 9. The molecule has 4 aliphatic rings. The lowest BCUT2D eigenvalue weighted by atomic mass is 9.45. The average molecular weight is 1110 g/mol. The molecule has 1 aromatic carbocycles. The molecule has 4 bridgehead atoms. The van der Waals surface area contributed by atoms with Crippen LogP contribution in [0.4, 0.5) is 0 Å². The van der Waals surface area contributed by atoms with E-state index in [1.165, 1.54) is 84.0 Å². The molecule has 4 heterocycles. The Morgan fingerprint density at radius 1 is 0.734 bits per heavy atom. The molecule has 0 radical (unpaired) electrons. The molecule has 2 aromatic heterocycles. The molecular formula is C54H62N2O23. The highest BCUT2D eigenvalue weighted by atomic mass is 16.7. The fourth-order valence-electron chi connectivity index (χ4n) is 11.5. The van der Waals surface area contributed by atoms with Crippen LogP contribution in [-0.2, 0) is 76.1 Å². The zero-order valence-corrected chi connectivity index (χ0v) is 45.6. The van der Waals surface area contributed by atoms with E-state index >= 15 is 9.59 Å². The molecule has 13 atom stereocenters. The largest absolute Gasteiger partial charge is 0.493 e. The van der Waals surface area contributed by atoms with Crippen molar-refractivity contribution in [1.29, 1.82) is 0 Å². The third-order valence-electron chi connectivity index (χ3n) is 14.9.